The van der Waals surface area contributed by atoms with Crippen LogP contribution in [0.5, 0.6) is 0 Å². The molecule has 1 fully saturated rings. The molecule has 12 nitrogen and oxygen atoms in total. The summed E-state index contributed by atoms with van der Waals surface area (Å²) in [6.07, 6.45) is 5.41. The molecule has 0 amide bonds. The summed E-state index contributed by atoms with van der Waals surface area (Å²) < 4.78 is 36.1. The van der Waals surface area contributed by atoms with Gasteiger partial charge in [0.2, 0.25) is 0 Å². The van der Waals surface area contributed by atoms with Crippen molar-refractivity contribution in [3.8, 4) is 0 Å². The number of unbranched alkanes of at least 4 members (excludes halogenated alkanes) is 4. The maximum Gasteiger partial charge on any atom is 0.349 e. The molecule has 1 aliphatic rings. The van der Waals surface area contributed by atoms with Crippen molar-refractivity contribution in [2.45, 2.75) is 77.5 Å². The molecular weight excluding hydrogens is 511 g/mol. The summed E-state index contributed by atoms with van der Waals surface area (Å²) in [5.41, 5.74) is 4.95. The van der Waals surface area contributed by atoms with Crippen molar-refractivity contribution in [3.05, 3.63) is 22.7 Å². The second-order valence-electron chi connectivity index (χ2n) is 8.36. The summed E-state index contributed by atoms with van der Waals surface area (Å²) in [5, 5.41) is 2.64. The predicted octanol–water partition coefficient (Wildman–Crippen LogP) is 2.32. The van der Waals surface area contributed by atoms with Crippen LogP contribution in [0.3, 0.4) is 0 Å². The Labute approximate surface area is 218 Å². The second kappa shape index (κ2) is 16.8. The van der Waals surface area contributed by atoms with E-state index in [1.54, 1.807) is 0 Å². The van der Waals surface area contributed by atoms with Gasteiger partial charge in [-0.1, -0.05) is 39.5 Å². The lowest BCUT2D eigenvalue weighted by Crippen LogP contribution is -2.42. The Morgan fingerprint density at radius 2 is 1.89 bits per heavy atom. The summed E-state index contributed by atoms with van der Waals surface area (Å²) in [6, 6.07) is 0.278. The number of aromatic nitrogens is 2. The largest absolute Gasteiger partial charge is 0.466 e. The standard InChI is InChI=1S/C22H37N4O8P.H2S/c1-3-5-7-11-31-20(27)13-18(21(28)32-12-8-6-4-2)25-35(30)16-33-17(15-34-35)14-26-10-9-19(23)24-22(26)29;/h9-10,17-18H,3-8,11-16H2,1-2H3,(H,25,30)(H2,23,24,29);1H2/t17-,18+,35?;/m0./s1. The molecule has 1 saturated heterocycles. The molecule has 1 aromatic rings. The number of nitrogens with one attached hydrogen (secondary N) is 1. The molecule has 0 radical (unpaired) electrons. The molecule has 3 atom stereocenters. The number of nitrogen functional groups attached to an aromatic ring is 1. The van der Waals surface area contributed by atoms with Crippen molar-refractivity contribution in [2.75, 3.05) is 31.9 Å². The molecule has 1 aromatic heterocycles. The first-order valence-electron chi connectivity index (χ1n) is 12.0. The molecular formula is C22H39N4O8PS. The maximum atomic E-state index is 13.2. The molecule has 1 aliphatic heterocycles. The van der Waals surface area contributed by atoms with E-state index in [0.717, 1.165) is 32.1 Å². The number of carbonyl (C=O) groups excluding carboxylic acids is 2. The molecule has 0 aromatic carbocycles. The second-order valence-corrected chi connectivity index (χ2v) is 10.5. The van der Waals surface area contributed by atoms with E-state index < -0.39 is 37.3 Å². The first-order chi connectivity index (χ1) is 16.8. The Hall–Kier alpha value is -1.92. The minimum Gasteiger partial charge on any atom is -0.466 e. The minimum atomic E-state index is -3.63. The normalized spacial score (nSPS) is 20.2. The lowest BCUT2D eigenvalue weighted by molar-refractivity contribution is -0.152. The fraction of sp³-hybridized carbons (Fsp3) is 0.727. The maximum absolute atomic E-state index is 13.2. The van der Waals surface area contributed by atoms with Crippen LogP contribution in [0.1, 0.15) is 58.8 Å². The van der Waals surface area contributed by atoms with Gasteiger partial charge in [0.05, 0.1) is 32.8 Å². The zero-order valence-corrected chi connectivity index (χ0v) is 22.9. The molecule has 2 heterocycles. The van der Waals surface area contributed by atoms with Gasteiger partial charge in [0.15, 0.2) is 0 Å². The number of esters is 2. The van der Waals surface area contributed by atoms with E-state index in [1.807, 2.05) is 13.8 Å². The van der Waals surface area contributed by atoms with Crippen molar-refractivity contribution in [1.29, 1.82) is 0 Å². The molecule has 36 heavy (non-hydrogen) atoms. The number of rotatable bonds is 15. The van der Waals surface area contributed by atoms with Crippen LogP contribution in [0, 0.1) is 0 Å². The number of anilines is 1. The van der Waals surface area contributed by atoms with Crippen molar-refractivity contribution in [3.63, 3.8) is 0 Å². The van der Waals surface area contributed by atoms with E-state index in [2.05, 4.69) is 10.1 Å². The Bertz CT molecular complexity index is 920. The smallest absolute Gasteiger partial charge is 0.349 e. The monoisotopic (exact) mass is 550 g/mol. The molecule has 0 saturated carbocycles. The Balaban J connectivity index is 0.00000648. The average molecular weight is 551 g/mol. The number of nitrogens with two attached hydrogens (primary N) is 1. The zero-order valence-electron chi connectivity index (χ0n) is 21.0. The van der Waals surface area contributed by atoms with Gasteiger partial charge in [-0.25, -0.2) is 9.88 Å². The van der Waals surface area contributed by atoms with Crippen molar-refractivity contribution in [1.82, 2.24) is 14.6 Å². The molecule has 2 rings (SSSR count). The highest BCUT2D eigenvalue weighted by atomic mass is 32.1. The van der Waals surface area contributed by atoms with Gasteiger partial charge in [-0.05, 0) is 18.9 Å². The Morgan fingerprint density at radius 3 is 2.47 bits per heavy atom. The quantitative estimate of drug-likeness (QED) is 0.187. The highest BCUT2D eigenvalue weighted by Crippen LogP contribution is 2.46. The molecule has 206 valence electrons. The molecule has 0 bridgehead atoms. The third kappa shape index (κ3) is 11.4. The Morgan fingerprint density at radius 1 is 1.22 bits per heavy atom. The number of nitrogens with zero attached hydrogens (tertiary/aromatic N) is 2. The summed E-state index contributed by atoms with van der Waals surface area (Å²) in [5.74, 6) is -1.19. The van der Waals surface area contributed by atoms with E-state index in [1.165, 1.54) is 16.8 Å². The predicted molar refractivity (Wildman–Crippen MR) is 139 cm³/mol. The van der Waals surface area contributed by atoms with Gasteiger partial charge in [-0.2, -0.15) is 18.5 Å². The van der Waals surface area contributed by atoms with Gasteiger partial charge in [0.25, 0.3) is 7.52 Å². The third-order valence-corrected chi connectivity index (χ3v) is 7.02. The summed E-state index contributed by atoms with van der Waals surface area (Å²) in [6.45, 7) is 4.54. The van der Waals surface area contributed by atoms with Gasteiger partial charge in [-0.3, -0.25) is 18.7 Å². The third-order valence-electron chi connectivity index (χ3n) is 5.26. The van der Waals surface area contributed by atoms with Crippen LogP contribution < -0.4 is 16.5 Å². The highest BCUT2D eigenvalue weighted by Gasteiger charge is 2.38. The topological polar surface area (TPSA) is 161 Å². The molecule has 1 unspecified atom stereocenters. The van der Waals surface area contributed by atoms with Crippen LogP contribution in [0.4, 0.5) is 5.82 Å². The van der Waals surface area contributed by atoms with Gasteiger partial charge in [0.1, 0.15) is 24.3 Å². The van der Waals surface area contributed by atoms with E-state index in [4.69, 9.17) is 24.5 Å². The zero-order chi connectivity index (χ0) is 25.7. The summed E-state index contributed by atoms with van der Waals surface area (Å²) in [4.78, 5) is 40.5. The summed E-state index contributed by atoms with van der Waals surface area (Å²) in [7, 11) is -3.63. The number of hydrogen-bond acceptors (Lipinski definition) is 10. The van der Waals surface area contributed by atoms with Crippen LogP contribution in [0.2, 0.25) is 0 Å². The van der Waals surface area contributed by atoms with Crippen LogP contribution in [-0.2, 0) is 39.4 Å². The van der Waals surface area contributed by atoms with E-state index in [9.17, 15) is 18.9 Å². The van der Waals surface area contributed by atoms with Crippen molar-refractivity contribution < 1.29 is 32.9 Å². The van der Waals surface area contributed by atoms with Gasteiger partial charge < -0.3 is 24.5 Å². The van der Waals surface area contributed by atoms with Crippen LogP contribution in [0.25, 0.3) is 0 Å². The molecule has 14 heteroatoms. The fourth-order valence-corrected chi connectivity index (χ4v) is 4.99. The molecule has 0 aliphatic carbocycles. The SMILES string of the molecule is CCCCCOC(=O)C[C@@H](NP1(=O)CO[C@@H](Cn2ccc(N)nc2=O)CO1)C(=O)OCCCCC.S. The number of ether oxygens (including phenoxy) is 3. The first-order valence-corrected chi connectivity index (χ1v) is 13.9. The first kappa shape index (κ1) is 32.1. The molecule has 0 spiro atoms. The number of hydrogen-bond donors (Lipinski definition) is 2. The van der Waals surface area contributed by atoms with Crippen LogP contribution in [0.15, 0.2) is 17.1 Å². The van der Waals surface area contributed by atoms with Gasteiger partial charge >= 0.3 is 17.6 Å². The fourth-order valence-electron chi connectivity index (χ4n) is 3.28. The lowest BCUT2D eigenvalue weighted by atomic mass is 10.2. The van der Waals surface area contributed by atoms with Crippen LogP contribution >= 0.6 is 21.0 Å². The Kier molecular flexibility index (Phi) is 14.9. The minimum absolute atomic E-state index is 0. The van der Waals surface area contributed by atoms with Gasteiger partial charge in [-0.15, -0.1) is 0 Å². The number of carbonyl (C=O) groups is 2. The highest BCUT2D eigenvalue weighted by molar-refractivity contribution is 7.59. The summed E-state index contributed by atoms with van der Waals surface area (Å²) >= 11 is 0. The average Bonchev–Trinajstić information content (AvgIpc) is 2.82. The van der Waals surface area contributed by atoms with E-state index in [0.29, 0.717) is 6.42 Å². The van der Waals surface area contributed by atoms with Crippen LogP contribution in [-0.4, -0.2) is 59.8 Å². The van der Waals surface area contributed by atoms with Crippen molar-refractivity contribution in [2.24, 2.45) is 0 Å². The van der Waals surface area contributed by atoms with E-state index >= 15 is 0 Å². The van der Waals surface area contributed by atoms with E-state index in [-0.39, 0.29) is 58.4 Å². The molecule has 3 N–H and O–H groups in total. The lowest BCUT2D eigenvalue weighted by Gasteiger charge is -2.31. The van der Waals surface area contributed by atoms with Gasteiger partial charge in [0, 0.05) is 6.20 Å². The van der Waals surface area contributed by atoms with Crippen molar-refractivity contribution >= 4 is 38.8 Å².